The molecule has 1 rings (SSSR count). The summed E-state index contributed by atoms with van der Waals surface area (Å²) in [4.78, 5) is 0. The molecule has 0 aliphatic heterocycles. The molecule has 0 aliphatic rings. The quantitative estimate of drug-likeness (QED) is 0.799. The van der Waals surface area contributed by atoms with Gasteiger partial charge in [0, 0.05) is 17.0 Å². The lowest BCUT2D eigenvalue weighted by molar-refractivity contribution is 0.169. The summed E-state index contributed by atoms with van der Waals surface area (Å²) in [6, 6.07) is 4.53. The van der Waals surface area contributed by atoms with Crippen LogP contribution in [0.4, 0.5) is 4.39 Å². The average molecular weight is 203 g/mol. The van der Waals surface area contributed by atoms with Crippen LogP contribution in [0.25, 0.3) is 0 Å². The molecule has 1 aromatic rings. The molecule has 0 amide bonds. The molecule has 13 heavy (non-hydrogen) atoms. The minimum absolute atomic E-state index is 0.280. The first kappa shape index (κ1) is 10.5. The first-order chi connectivity index (χ1) is 6.15. The number of rotatable bonds is 3. The maximum absolute atomic E-state index is 13.2. The summed E-state index contributed by atoms with van der Waals surface area (Å²) in [5, 5.41) is 9.72. The second kappa shape index (κ2) is 4.58. The molecule has 1 unspecified atom stereocenters. The van der Waals surface area contributed by atoms with Crippen LogP contribution in [0.5, 0.6) is 0 Å². The molecule has 0 aliphatic carbocycles. The fraction of sp³-hybridized carbons (Fsp3) is 0.400. The molecule has 1 nitrogen and oxygen atoms in total. The average Bonchev–Trinajstić information content (AvgIpc) is 2.11. The Balaban J connectivity index is 2.87. The molecule has 0 fully saturated rings. The number of halogens is 2. The molecule has 0 bridgehead atoms. The van der Waals surface area contributed by atoms with Gasteiger partial charge in [0.2, 0.25) is 0 Å². The van der Waals surface area contributed by atoms with Gasteiger partial charge >= 0.3 is 0 Å². The van der Waals surface area contributed by atoms with E-state index in [2.05, 4.69) is 0 Å². The predicted octanol–water partition coefficient (Wildman–Crippen LogP) is 2.79. The first-order valence-corrected chi connectivity index (χ1v) is 4.64. The molecule has 0 saturated heterocycles. The number of aliphatic hydroxyl groups is 1. The molecular formula is C10H12ClFO. The van der Waals surface area contributed by atoms with Crippen LogP contribution in [0.3, 0.4) is 0 Å². The SMILES string of the molecule is CCC(O)Cc1c(F)cccc1Cl. The lowest BCUT2D eigenvalue weighted by Gasteiger charge is -2.09. The van der Waals surface area contributed by atoms with Gasteiger partial charge in [-0.05, 0) is 18.6 Å². The highest BCUT2D eigenvalue weighted by Gasteiger charge is 2.10. The molecule has 1 atom stereocenters. The number of hydrogen-bond acceptors (Lipinski definition) is 1. The minimum Gasteiger partial charge on any atom is -0.393 e. The molecule has 72 valence electrons. The summed E-state index contributed by atoms with van der Waals surface area (Å²) >= 11 is 5.78. The normalized spacial score (nSPS) is 12.9. The van der Waals surface area contributed by atoms with Gasteiger partial charge in [0.05, 0.1) is 6.10 Å². The van der Waals surface area contributed by atoms with Crippen molar-refractivity contribution in [3.05, 3.63) is 34.6 Å². The van der Waals surface area contributed by atoms with Crippen LogP contribution < -0.4 is 0 Å². The van der Waals surface area contributed by atoms with Crippen LogP contribution in [0, 0.1) is 5.82 Å². The highest BCUT2D eigenvalue weighted by atomic mass is 35.5. The van der Waals surface area contributed by atoms with E-state index in [9.17, 15) is 9.50 Å². The lowest BCUT2D eigenvalue weighted by Crippen LogP contribution is -2.10. The molecule has 0 radical (unpaired) electrons. The number of aliphatic hydroxyl groups excluding tert-OH is 1. The van der Waals surface area contributed by atoms with Gasteiger partial charge in [-0.25, -0.2) is 4.39 Å². The van der Waals surface area contributed by atoms with Crippen LogP contribution in [-0.2, 0) is 6.42 Å². The highest BCUT2D eigenvalue weighted by molar-refractivity contribution is 6.31. The van der Waals surface area contributed by atoms with Crippen molar-refractivity contribution in [1.82, 2.24) is 0 Å². The zero-order chi connectivity index (χ0) is 9.84. The molecule has 0 aromatic heterocycles. The summed E-state index contributed by atoms with van der Waals surface area (Å²) in [7, 11) is 0. The van der Waals surface area contributed by atoms with Gasteiger partial charge in [0.1, 0.15) is 5.82 Å². The highest BCUT2D eigenvalue weighted by Crippen LogP contribution is 2.20. The molecule has 1 N–H and O–H groups in total. The van der Waals surface area contributed by atoms with Crippen LogP contribution in [0.1, 0.15) is 18.9 Å². The summed E-state index contributed by atoms with van der Waals surface area (Å²) in [6.07, 6.45) is 0.363. The van der Waals surface area contributed by atoms with Crippen molar-refractivity contribution in [2.45, 2.75) is 25.9 Å². The Bertz CT molecular complexity index is 268. The second-order valence-corrected chi connectivity index (χ2v) is 3.37. The third-order valence-electron chi connectivity index (χ3n) is 1.97. The van der Waals surface area contributed by atoms with Gasteiger partial charge in [-0.3, -0.25) is 0 Å². The molecule has 0 spiro atoms. The smallest absolute Gasteiger partial charge is 0.127 e. The minimum atomic E-state index is -0.519. The molecular weight excluding hydrogens is 191 g/mol. The predicted molar refractivity (Wildman–Crippen MR) is 51.4 cm³/mol. The van der Waals surface area contributed by atoms with Crippen LogP contribution in [-0.4, -0.2) is 11.2 Å². The van der Waals surface area contributed by atoms with Crippen LogP contribution in [0.2, 0.25) is 5.02 Å². The summed E-state index contributed by atoms with van der Waals surface area (Å²) in [5.41, 5.74) is 0.401. The molecule has 3 heteroatoms. The Labute approximate surface area is 82.2 Å². The summed E-state index contributed by atoms with van der Waals surface area (Å²) < 4.78 is 13.2. The fourth-order valence-electron chi connectivity index (χ4n) is 1.11. The number of hydrogen-bond donors (Lipinski definition) is 1. The Hall–Kier alpha value is -0.600. The third kappa shape index (κ3) is 2.68. The van der Waals surface area contributed by atoms with Crippen molar-refractivity contribution in [1.29, 1.82) is 0 Å². The number of benzene rings is 1. The van der Waals surface area contributed by atoms with E-state index in [1.807, 2.05) is 6.92 Å². The van der Waals surface area contributed by atoms with Gasteiger partial charge in [0.15, 0.2) is 0 Å². The Morgan fingerprint density at radius 1 is 1.54 bits per heavy atom. The van der Waals surface area contributed by atoms with E-state index in [-0.39, 0.29) is 12.2 Å². The standard InChI is InChI=1S/C10H12ClFO/c1-2-7(13)6-8-9(11)4-3-5-10(8)12/h3-5,7,13H,2,6H2,1H3. The van der Waals surface area contributed by atoms with Gasteiger partial charge in [-0.15, -0.1) is 0 Å². The van der Waals surface area contributed by atoms with E-state index in [1.54, 1.807) is 12.1 Å². The van der Waals surface area contributed by atoms with Crippen molar-refractivity contribution in [3.63, 3.8) is 0 Å². The fourth-order valence-corrected chi connectivity index (χ4v) is 1.35. The van der Waals surface area contributed by atoms with Crippen molar-refractivity contribution in [2.75, 3.05) is 0 Å². The van der Waals surface area contributed by atoms with Crippen molar-refractivity contribution >= 4 is 11.6 Å². The van der Waals surface area contributed by atoms with Gasteiger partial charge in [-0.2, -0.15) is 0 Å². The third-order valence-corrected chi connectivity index (χ3v) is 2.33. The second-order valence-electron chi connectivity index (χ2n) is 2.97. The summed E-state index contributed by atoms with van der Waals surface area (Å²) in [5.74, 6) is -0.347. The van der Waals surface area contributed by atoms with E-state index < -0.39 is 6.10 Å². The summed E-state index contributed by atoms with van der Waals surface area (Å²) in [6.45, 7) is 1.85. The lowest BCUT2D eigenvalue weighted by atomic mass is 10.1. The van der Waals surface area contributed by atoms with E-state index in [1.165, 1.54) is 6.07 Å². The first-order valence-electron chi connectivity index (χ1n) is 4.26. The van der Waals surface area contributed by atoms with Crippen LogP contribution >= 0.6 is 11.6 Å². The maximum Gasteiger partial charge on any atom is 0.127 e. The van der Waals surface area contributed by atoms with E-state index in [4.69, 9.17) is 11.6 Å². The monoisotopic (exact) mass is 202 g/mol. The van der Waals surface area contributed by atoms with Crippen molar-refractivity contribution in [3.8, 4) is 0 Å². The van der Waals surface area contributed by atoms with E-state index in [0.29, 0.717) is 17.0 Å². The topological polar surface area (TPSA) is 20.2 Å². The molecule has 0 heterocycles. The van der Waals surface area contributed by atoms with E-state index >= 15 is 0 Å². The molecule has 1 aromatic carbocycles. The van der Waals surface area contributed by atoms with Gasteiger partial charge < -0.3 is 5.11 Å². The largest absolute Gasteiger partial charge is 0.393 e. The van der Waals surface area contributed by atoms with Crippen molar-refractivity contribution in [2.24, 2.45) is 0 Å². The Morgan fingerprint density at radius 2 is 2.23 bits per heavy atom. The Morgan fingerprint density at radius 3 is 2.77 bits per heavy atom. The van der Waals surface area contributed by atoms with Crippen LogP contribution in [0.15, 0.2) is 18.2 Å². The van der Waals surface area contributed by atoms with Crippen molar-refractivity contribution < 1.29 is 9.50 Å². The van der Waals surface area contributed by atoms with Gasteiger partial charge in [0.25, 0.3) is 0 Å². The maximum atomic E-state index is 13.2. The Kier molecular flexibility index (Phi) is 3.70. The zero-order valence-electron chi connectivity index (χ0n) is 7.43. The molecule has 0 saturated carbocycles. The van der Waals surface area contributed by atoms with E-state index in [0.717, 1.165) is 0 Å². The zero-order valence-corrected chi connectivity index (χ0v) is 8.18. The van der Waals surface area contributed by atoms with Gasteiger partial charge in [-0.1, -0.05) is 24.6 Å².